The van der Waals surface area contributed by atoms with Gasteiger partial charge in [0.1, 0.15) is 5.75 Å². The number of benzene rings is 1. The molecule has 0 spiro atoms. The van der Waals surface area contributed by atoms with E-state index in [-0.39, 0.29) is 0 Å². The van der Waals surface area contributed by atoms with E-state index in [9.17, 15) is 0 Å². The average molecular weight is 335 g/mol. The molecule has 5 heteroatoms. The van der Waals surface area contributed by atoms with Crippen molar-refractivity contribution >= 4 is 5.96 Å². The van der Waals surface area contributed by atoms with Crippen LogP contribution in [0.4, 0.5) is 0 Å². The van der Waals surface area contributed by atoms with Crippen molar-refractivity contribution in [3.05, 3.63) is 29.3 Å². The maximum Gasteiger partial charge on any atom is 0.191 e. The lowest BCUT2D eigenvalue weighted by molar-refractivity contribution is 0.313. The summed E-state index contributed by atoms with van der Waals surface area (Å²) >= 11 is 0. The topological polar surface area (TPSA) is 48.9 Å². The highest BCUT2D eigenvalue weighted by Gasteiger charge is 2.04. The van der Waals surface area contributed by atoms with E-state index in [1.807, 2.05) is 6.07 Å². The number of rotatable bonds is 10. The molecule has 0 aliphatic rings. The van der Waals surface area contributed by atoms with E-state index in [4.69, 9.17) is 4.74 Å². The number of ether oxygens (including phenoxy) is 1. The molecule has 2 N–H and O–H groups in total. The van der Waals surface area contributed by atoms with Gasteiger partial charge in [-0.05, 0) is 45.0 Å². The Bertz CT molecular complexity index is 498. The lowest BCUT2D eigenvalue weighted by Gasteiger charge is -2.17. The molecule has 0 bridgehead atoms. The van der Waals surface area contributed by atoms with Gasteiger partial charge in [0.15, 0.2) is 5.96 Å². The summed E-state index contributed by atoms with van der Waals surface area (Å²) in [6.45, 7) is 14.2. The molecule has 1 rings (SSSR count). The minimum absolute atomic E-state index is 0.810. The molecule has 136 valence electrons. The number of hydrogen-bond acceptors (Lipinski definition) is 3. The largest absolute Gasteiger partial charge is 0.496 e. The summed E-state index contributed by atoms with van der Waals surface area (Å²) in [5, 5.41) is 6.72. The molecular weight excluding hydrogens is 300 g/mol. The Morgan fingerprint density at radius 3 is 2.54 bits per heavy atom. The van der Waals surface area contributed by atoms with Crippen LogP contribution < -0.4 is 15.4 Å². The molecule has 0 amide bonds. The third kappa shape index (κ3) is 7.21. The quantitative estimate of drug-likeness (QED) is 0.510. The first-order valence-electron chi connectivity index (χ1n) is 9.02. The monoisotopic (exact) mass is 334 g/mol. The van der Waals surface area contributed by atoms with Crippen LogP contribution in [0.3, 0.4) is 0 Å². The number of methoxy groups -OCH3 is 1. The molecule has 0 aromatic heterocycles. The van der Waals surface area contributed by atoms with E-state index < -0.39 is 0 Å². The Hall–Kier alpha value is -1.75. The van der Waals surface area contributed by atoms with Gasteiger partial charge in [0, 0.05) is 19.6 Å². The number of guanidine groups is 1. The SMILES string of the molecule is CCNC(=NCCN(CC)CC)NCCc1cc(C)ccc1OC. The van der Waals surface area contributed by atoms with E-state index in [1.165, 1.54) is 11.1 Å². The Morgan fingerprint density at radius 1 is 1.17 bits per heavy atom. The normalized spacial score (nSPS) is 11.7. The van der Waals surface area contributed by atoms with Crippen molar-refractivity contribution in [2.24, 2.45) is 4.99 Å². The van der Waals surface area contributed by atoms with Gasteiger partial charge in [-0.1, -0.05) is 31.5 Å². The molecule has 0 saturated carbocycles. The van der Waals surface area contributed by atoms with Crippen LogP contribution in [0.25, 0.3) is 0 Å². The smallest absolute Gasteiger partial charge is 0.191 e. The lowest BCUT2D eigenvalue weighted by atomic mass is 10.1. The maximum absolute atomic E-state index is 5.44. The summed E-state index contributed by atoms with van der Waals surface area (Å²) in [4.78, 5) is 7.04. The van der Waals surface area contributed by atoms with Crippen LogP contribution in [0.5, 0.6) is 5.75 Å². The van der Waals surface area contributed by atoms with Crippen LogP contribution in [0.1, 0.15) is 31.9 Å². The summed E-state index contributed by atoms with van der Waals surface area (Å²) in [6.07, 6.45) is 0.908. The van der Waals surface area contributed by atoms with Gasteiger partial charge in [0.25, 0.3) is 0 Å². The number of hydrogen-bond donors (Lipinski definition) is 2. The van der Waals surface area contributed by atoms with E-state index in [0.29, 0.717) is 0 Å². The van der Waals surface area contributed by atoms with Gasteiger partial charge in [0.2, 0.25) is 0 Å². The van der Waals surface area contributed by atoms with Gasteiger partial charge in [-0.2, -0.15) is 0 Å². The number of aliphatic imine (C=N–C) groups is 1. The molecule has 0 heterocycles. The fraction of sp³-hybridized carbons (Fsp3) is 0.632. The number of likely N-dealkylation sites (N-methyl/N-ethyl adjacent to an activating group) is 1. The summed E-state index contributed by atoms with van der Waals surface area (Å²) < 4.78 is 5.44. The Balaban J connectivity index is 2.53. The first kappa shape index (κ1) is 20.3. The molecule has 0 aliphatic carbocycles. The fourth-order valence-corrected chi connectivity index (χ4v) is 2.60. The molecule has 0 fully saturated rings. The van der Waals surface area contributed by atoms with Crippen LogP contribution in [0.15, 0.2) is 23.2 Å². The summed E-state index contributed by atoms with van der Waals surface area (Å²) in [7, 11) is 1.72. The van der Waals surface area contributed by atoms with Crippen molar-refractivity contribution in [3.63, 3.8) is 0 Å². The molecular formula is C19H34N4O. The van der Waals surface area contributed by atoms with Gasteiger partial charge in [-0.15, -0.1) is 0 Å². The first-order valence-corrected chi connectivity index (χ1v) is 9.02. The molecule has 24 heavy (non-hydrogen) atoms. The van der Waals surface area contributed by atoms with E-state index in [0.717, 1.165) is 57.4 Å². The second-order valence-corrected chi connectivity index (χ2v) is 5.78. The maximum atomic E-state index is 5.44. The van der Waals surface area contributed by atoms with Gasteiger partial charge in [-0.25, -0.2) is 0 Å². The molecule has 0 saturated heterocycles. The zero-order chi connectivity index (χ0) is 17.8. The predicted octanol–water partition coefficient (Wildman–Crippen LogP) is 2.44. The minimum Gasteiger partial charge on any atom is -0.496 e. The molecule has 1 aromatic rings. The highest BCUT2D eigenvalue weighted by atomic mass is 16.5. The second-order valence-electron chi connectivity index (χ2n) is 5.78. The highest BCUT2D eigenvalue weighted by molar-refractivity contribution is 5.79. The molecule has 5 nitrogen and oxygen atoms in total. The van der Waals surface area contributed by atoms with Gasteiger partial charge >= 0.3 is 0 Å². The number of aryl methyl sites for hydroxylation is 1. The molecule has 0 radical (unpaired) electrons. The molecule has 0 atom stereocenters. The molecule has 0 aliphatic heterocycles. The van der Waals surface area contributed by atoms with E-state index >= 15 is 0 Å². The first-order chi connectivity index (χ1) is 11.6. The fourth-order valence-electron chi connectivity index (χ4n) is 2.60. The zero-order valence-electron chi connectivity index (χ0n) is 16.0. The van der Waals surface area contributed by atoms with Crippen molar-refractivity contribution in [3.8, 4) is 5.75 Å². The Morgan fingerprint density at radius 2 is 1.92 bits per heavy atom. The third-order valence-corrected chi connectivity index (χ3v) is 4.05. The van der Waals surface area contributed by atoms with Crippen molar-refractivity contribution in [1.82, 2.24) is 15.5 Å². The van der Waals surface area contributed by atoms with Crippen LogP contribution in [0.2, 0.25) is 0 Å². The van der Waals surface area contributed by atoms with Gasteiger partial charge in [0.05, 0.1) is 13.7 Å². The summed E-state index contributed by atoms with van der Waals surface area (Å²) in [5.74, 6) is 1.84. The standard InChI is InChI=1S/C19H34N4O/c1-6-20-19(22-13-14-23(7-2)8-3)21-12-11-17-15-16(4)9-10-18(17)24-5/h9-10,15H,6-8,11-14H2,1-5H3,(H2,20,21,22). The van der Waals surface area contributed by atoms with Crippen molar-refractivity contribution < 1.29 is 4.74 Å². The van der Waals surface area contributed by atoms with Crippen LogP contribution in [-0.4, -0.2) is 57.2 Å². The van der Waals surface area contributed by atoms with Gasteiger partial charge in [-0.3, -0.25) is 4.99 Å². The molecule has 0 unspecified atom stereocenters. The van der Waals surface area contributed by atoms with Crippen molar-refractivity contribution in [2.45, 2.75) is 34.1 Å². The van der Waals surface area contributed by atoms with Gasteiger partial charge < -0.3 is 20.3 Å². The van der Waals surface area contributed by atoms with Crippen LogP contribution in [0, 0.1) is 6.92 Å². The van der Waals surface area contributed by atoms with E-state index in [1.54, 1.807) is 7.11 Å². The van der Waals surface area contributed by atoms with Crippen LogP contribution in [-0.2, 0) is 6.42 Å². The Kier molecular flexibility index (Phi) is 9.92. The number of nitrogens with zero attached hydrogens (tertiary/aromatic N) is 2. The summed E-state index contributed by atoms with van der Waals surface area (Å²) in [6, 6.07) is 6.30. The number of nitrogens with one attached hydrogen (secondary N) is 2. The lowest BCUT2D eigenvalue weighted by Crippen LogP contribution is -2.39. The minimum atomic E-state index is 0.810. The van der Waals surface area contributed by atoms with Crippen molar-refractivity contribution in [2.75, 3.05) is 46.4 Å². The average Bonchev–Trinajstić information content (AvgIpc) is 2.59. The highest BCUT2D eigenvalue weighted by Crippen LogP contribution is 2.19. The molecule has 1 aromatic carbocycles. The predicted molar refractivity (Wildman–Crippen MR) is 103 cm³/mol. The van der Waals surface area contributed by atoms with E-state index in [2.05, 4.69) is 60.4 Å². The Labute approximate surface area is 147 Å². The zero-order valence-corrected chi connectivity index (χ0v) is 16.0. The third-order valence-electron chi connectivity index (χ3n) is 4.05. The second kappa shape index (κ2) is 11.7. The van der Waals surface area contributed by atoms with Crippen molar-refractivity contribution in [1.29, 1.82) is 0 Å². The summed E-state index contributed by atoms with van der Waals surface area (Å²) in [5.41, 5.74) is 2.48. The van der Waals surface area contributed by atoms with Crippen LogP contribution >= 0.6 is 0 Å².